The number of hydrogen-bond acceptors (Lipinski definition) is 3. The van der Waals surface area contributed by atoms with E-state index < -0.39 is 0 Å². The lowest BCUT2D eigenvalue weighted by atomic mass is 9.73. The van der Waals surface area contributed by atoms with Crippen LogP contribution in [0, 0.1) is 0 Å². The van der Waals surface area contributed by atoms with Crippen LogP contribution in [-0.4, -0.2) is 23.4 Å². The second kappa shape index (κ2) is 6.80. The summed E-state index contributed by atoms with van der Waals surface area (Å²) in [6.45, 7) is 3.62. The third-order valence-corrected chi connectivity index (χ3v) is 4.02. The third kappa shape index (κ3) is 3.54. The highest BCUT2D eigenvalue weighted by Crippen LogP contribution is 2.39. The Morgan fingerprint density at radius 3 is 2.40 bits per heavy atom. The molecule has 1 aliphatic heterocycles. The average molecular weight is 276 g/mol. The number of rotatable bonds is 5. The summed E-state index contributed by atoms with van der Waals surface area (Å²) < 4.78 is 5.48. The van der Waals surface area contributed by atoms with Gasteiger partial charge in [-0.05, 0) is 37.0 Å². The van der Waals surface area contributed by atoms with E-state index in [4.69, 9.17) is 4.74 Å². The van der Waals surface area contributed by atoms with Crippen LogP contribution in [0.3, 0.4) is 0 Å². The zero-order valence-corrected chi connectivity index (χ0v) is 12.1. The first-order valence-electron chi connectivity index (χ1n) is 7.45. The fourth-order valence-corrected chi connectivity index (χ4v) is 2.80. The molecule has 1 saturated heterocycles. The minimum Gasteiger partial charge on any atom is -0.508 e. The molecule has 2 N–H and O–H groups in total. The molecule has 0 radical (unpaired) electrons. The Hall–Kier alpha value is -1.48. The first kappa shape index (κ1) is 14.9. The highest BCUT2D eigenvalue weighted by Gasteiger charge is 2.32. The normalized spacial score (nSPS) is 18.4. The van der Waals surface area contributed by atoms with Gasteiger partial charge in [-0.3, -0.25) is 0 Å². The number of phenolic OH excluding ortho intramolecular Hbond substituents is 2. The van der Waals surface area contributed by atoms with Gasteiger partial charge >= 0.3 is 0 Å². The highest BCUT2D eigenvalue weighted by atomic mass is 16.5. The number of unbranched alkanes of at least 4 members (excludes halogenated alkanes) is 2. The number of phenols is 2. The fourth-order valence-electron chi connectivity index (χ4n) is 2.80. The van der Waals surface area contributed by atoms with Crippen LogP contribution in [0.1, 0.15) is 44.6 Å². The van der Waals surface area contributed by atoms with E-state index in [2.05, 4.69) is 19.1 Å². The van der Waals surface area contributed by atoms with Crippen LogP contribution in [-0.2, 0) is 10.2 Å². The molecule has 3 nitrogen and oxygen atoms in total. The van der Waals surface area contributed by atoms with Crippen LogP contribution in [0.4, 0.5) is 0 Å². The molecule has 2 rings (SSSR count). The van der Waals surface area contributed by atoms with Gasteiger partial charge in [-0.2, -0.15) is 0 Å². The first-order chi connectivity index (χ1) is 9.66. The van der Waals surface area contributed by atoms with Crippen molar-refractivity contribution in [1.29, 1.82) is 0 Å². The first-order valence-corrected chi connectivity index (χ1v) is 7.45. The second-order valence-corrected chi connectivity index (χ2v) is 5.55. The molecule has 0 spiro atoms. The van der Waals surface area contributed by atoms with Gasteiger partial charge in [0, 0.05) is 24.7 Å². The molecular formula is C17H24O3. The minimum atomic E-state index is -0.123. The minimum absolute atomic E-state index is 0.118. The average Bonchev–Trinajstić information content (AvgIpc) is 2.44. The van der Waals surface area contributed by atoms with Gasteiger partial charge in [-0.25, -0.2) is 0 Å². The smallest absolute Gasteiger partial charge is 0.119 e. The van der Waals surface area contributed by atoms with E-state index >= 15 is 0 Å². The second-order valence-electron chi connectivity index (χ2n) is 5.55. The van der Waals surface area contributed by atoms with Crippen LogP contribution in [0.25, 0.3) is 0 Å². The number of allylic oxidation sites excluding steroid dienone is 2. The van der Waals surface area contributed by atoms with Crippen molar-refractivity contribution in [1.82, 2.24) is 0 Å². The van der Waals surface area contributed by atoms with Crippen molar-refractivity contribution in [3.8, 4) is 11.5 Å². The zero-order chi connectivity index (χ0) is 14.4. The highest BCUT2D eigenvalue weighted by molar-refractivity contribution is 5.43. The molecule has 20 heavy (non-hydrogen) atoms. The van der Waals surface area contributed by atoms with Crippen LogP contribution in [0.2, 0.25) is 0 Å². The molecule has 110 valence electrons. The lowest BCUT2D eigenvalue weighted by Gasteiger charge is -2.35. The summed E-state index contributed by atoms with van der Waals surface area (Å²) in [6.07, 6.45) is 9.71. The Morgan fingerprint density at radius 1 is 1.15 bits per heavy atom. The molecule has 1 heterocycles. The molecule has 1 aliphatic rings. The number of hydrogen-bond donors (Lipinski definition) is 2. The Morgan fingerprint density at radius 2 is 1.80 bits per heavy atom. The largest absolute Gasteiger partial charge is 0.508 e. The Labute approximate surface area is 120 Å². The molecule has 0 aromatic heterocycles. The predicted octanol–water partition coefficient (Wildman–Crippen LogP) is 3.89. The summed E-state index contributed by atoms with van der Waals surface area (Å²) in [5.74, 6) is 0.237. The molecule has 0 atom stereocenters. The maximum Gasteiger partial charge on any atom is 0.119 e. The number of aromatic hydroxyl groups is 2. The standard InChI is InChI=1S/C17H24O3/c1-2-3-4-5-6-17(7-9-20-10-8-17)14-11-15(18)13-16(19)12-14/h5-6,11-13,18-19H,2-4,7-10H2,1H3. The van der Waals surface area contributed by atoms with Crippen LogP contribution >= 0.6 is 0 Å². The van der Waals surface area contributed by atoms with Gasteiger partial charge in [0.05, 0.1) is 0 Å². The van der Waals surface area contributed by atoms with Crippen molar-refractivity contribution >= 4 is 0 Å². The fraction of sp³-hybridized carbons (Fsp3) is 0.529. The van der Waals surface area contributed by atoms with E-state index in [9.17, 15) is 10.2 Å². The number of benzene rings is 1. The lowest BCUT2D eigenvalue weighted by molar-refractivity contribution is 0.0652. The van der Waals surface area contributed by atoms with Crippen LogP contribution < -0.4 is 0 Å². The monoisotopic (exact) mass is 276 g/mol. The van der Waals surface area contributed by atoms with Crippen molar-refractivity contribution in [3.05, 3.63) is 35.9 Å². The predicted molar refractivity (Wildman–Crippen MR) is 80.2 cm³/mol. The van der Waals surface area contributed by atoms with Crippen molar-refractivity contribution in [2.75, 3.05) is 13.2 Å². The van der Waals surface area contributed by atoms with Gasteiger partial charge in [-0.1, -0.05) is 31.9 Å². The molecule has 0 amide bonds. The molecule has 0 aliphatic carbocycles. The van der Waals surface area contributed by atoms with Crippen molar-refractivity contribution < 1.29 is 14.9 Å². The van der Waals surface area contributed by atoms with Gasteiger partial charge < -0.3 is 14.9 Å². The van der Waals surface area contributed by atoms with E-state index in [-0.39, 0.29) is 16.9 Å². The molecule has 0 unspecified atom stereocenters. The van der Waals surface area contributed by atoms with E-state index in [1.165, 1.54) is 18.9 Å². The van der Waals surface area contributed by atoms with E-state index in [0.717, 1.165) is 24.8 Å². The molecule has 0 bridgehead atoms. The van der Waals surface area contributed by atoms with Crippen LogP contribution in [0.5, 0.6) is 11.5 Å². The van der Waals surface area contributed by atoms with Gasteiger partial charge in [0.1, 0.15) is 11.5 Å². The molecule has 0 saturated carbocycles. The summed E-state index contributed by atoms with van der Waals surface area (Å²) in [5, 5.41) is 19.5. The Bertz CT molecular complexity index is 439. The quantitative estimate of drug-likeness (QED) is 0.633. The summed E-state index contributed by atoms with van der Waals surface area (Å²) in [7, 11) is 0. The van der Waals surface area contributed by atoms with E-state index in [1.54, 1.807) is 12.1 Å². The molecule has 1 aromatic carbocycles. The topological polar surface area (TPSA) is 49.7 Å². The van der Waals surface area contributed by atoms with Crippen molar-refractivity contribution in [2.45, 2.75) is 44.4 Å². The van der Waals surface area contributed by atoms with Gasteiger partial charge in [0.15, 0.2) is 0 Å². The zero-order valence-electron chi connectivity index (χ0n) is 12.1. The van der Waals surface area contributed by atoms with Gasteiger partial charge in [0.2, 0.25) is 0 Å². The van der Waals surface area contributed by atoms with Crippen LogP contribution in [0.15, 0.2) is 30.4 Å². The number of ether oxygens (including phenoxy) is 1. The van der Waals surface area contributed by atoms with Gasteiger partial charge in [0.25, 0.3) is 0 Å². The summed E-state index contributed by atoms with van der Waals surface area (Å²) in [6, 6.07) is 4.89. The molecular weight excluding hydrogens is 252 g/mol. The lowest BCUT2D eigenvalue weighted by Crippen LogP contribution is -2.31. The molecule has 3 heteroatoms. The Balaban J connectivity index is 2.28. The SMILES string of the molecule is CCCCC=CC1(c2cc(O)cc(O)c2)CCOCC1. The maximum absolute atomic E-state index is 9.73. The Kier molecular flexibility index (Phi) is 5.07. The third-order valence-electron chi connectivity index (χ3n) is 4.02. The van der Waals surface area contributed by atoms with E-state index in [0.29, 0.717) is 13.2 Å². The summed E-state index contributed by atoms with van der Waals surface area (Å²) in [5.41, 5.74) is 0.855. The van der Waals surface area contributed by atoms with Gasteiger partial charge in [-0.15, -0.1) is 0 Å². The van der Waals surface area contributed by atoms with Crippen molar-refractivity contribution in [2.24, 2.45) is 0 Å². The van der Waals surface area contributed by atoms with E-state index in [1.807, 2.05) is 0 Å². The summed E-state index contributed by atoms with van der Waals surface area (Å²) >= 11 is 0. The molecule has 1 aromatic rings. The van der Waals surface area contributed by atoms with Crippen molar-refractivity contribution in [3.63, 3.8) is 0 Å². The molecule has 1 fully saturated rings. The maximum atomic E-state index is 9.73. The summed E-state index contributed by atoms with van der Waals surface area (Å²) in [4.78, 5) is 0.